The molecule has 0 aromatic heterocycles. The molecule has 4 heteroatoms. The minimum absolute atomic E-state index is 0.311. The highest BCUT2D eigenvalue weighted by Crippen LogP contribution is 2.18. The van der Waals surface area contributed by atoms with Gasteiger partial charge in [0.1, 0.15) is 0 Å². The normalized spacial score (nSPS) is 22.8. The van der Waals surface area contributed by atoms with Crippen LogP contribution in [0.1, 0.15) is 19.8 Å². The number of rotatable bonds is 6. The van der Waals surface area contributed by atoms with E-state index >= 15 is 0 Å². The SMILES string of the molecule is CCOCCN1CCC(CC(=O)O)C1. The van der Waals surface area contributed by atoms with Crippen LogP contribution in [0.25, 0.3) is 0 Å². The third-order valence-corrected chi connectivity index (χ3v) is 2.59. The quantitative estimate of drug-likeness (QED) is 0.646. The zero-order valence-corrected chi connectivity index (χ0v) is 8.74. The Morgan fingerprint density at radius 2 is 2.43 bits per heavy atom. The second-order valence-electron chi connectivity index (χ2n) is 3.75. The third kappa shape index (κ3) is 4.07. The summed E-state index contributed by atoms with van der Waals surface area (Å²) in [6.45, 7) is 6.37. The maximum atomic E-state index is 10.5. The van der Waals surface area contributed by atoms with Crippen LogP contribution in [-0.2, 0) is 9.53 Å². The smallest absolute Gasteiger partial charge is 0.303 e. The molecule has 1 aliphatic heterocycles. The summed E-state index contributed by atoms with van der Waals surface area (Å²) in [7, 11) is 0. The van der Waals surface area contributed by atoms with Gasteiger partial charge in [-0.1, -0.05) is 0 Å². The monoisotopic (exact) mass is 201 g/mol. The number of nitrogens with zero attached hydrogens (tertiary/aromatic N) is 1. The zero-order valence-electron chi connectivity index (χ0n) is 8.74. The van der Waals surface area contributed by atoms with Crippen LogP contribution in [0.15, 0.2) is 0 Å². The van der Waals surface area contributed by atoms with Gasteiger partial charge in [0.15, 0.2) is 0 Å². The van der Waals surface area contributed by atoms with Gasteiger partial charge < -0.3 is 14.7 Å². The maximum Gasteiger partial charge on any atom is 0.303 e. The standard InChI is InChI=1S/C10H19NO3/c1-2-14-6-5-11-4-3-9(8-11)7-10(12)13/h9H,2-8H2,1H3,(H,12,13). The highest BCUT2D eigenvalue weighted by atomic mass is 16.5. The number of carbonyl (C=O) groups is 1. The Labute approximate surface area is 84.8 Å². The fourth-order valence-corrected chi connectivity index (χ4v) is 1.87. The number of carboxylic acids is 1. The largest absolute Gasteiger partial charge is 0.481 e. The predicted octanol–water partition coefficient (Wildman–Crippen LogP) is 0.820. The van der Waals surface area contributed by atoms with E-state index in [0.29, 0.717) is 12.3 Å². The number of likely N-dealkylation sites (tertiary alicyclic amines) is 1. The molecule has 1 unspecified atom stereocenters. The molecule has 0 bridgehead atoms. The highest BCUT2D eigenvalue weighted by molar-refractivity contribution is 5.67. The van der Waals surface area contributed by atoms with Gasteiger partial charge in [0, 0.05) is 26.1 Å². The number of carboxylic acid groups (broad SMARTS) is 1. The van der Waals surface area contributed by atoms with E-state index in [1.807, 2.05) is 6.92 Å². The van der Waals surface area contributed by atoms with Gasteiger partial charge >= 0.3 is 5.97 Å². The second kappa shape index (κ2) is 5.98. The number of hydrogen-bond acceptors (Lipinski definition) is 3. The lowest BCUT2D eigenvalue weighted by Crippen LogP contribution is -2.25. The van der Waals surface area contributed by atoms with Crippen LogP contribution >= 0.6 is 0 Å². The van der Waals surface area contributed by atoms with E-state index in [9.17, 15) is 4.79 Å². The van der Waals surface area contributed by atoms with Crippen LogP contribution in [0.5, 0.6) is 0 Å². The van der Waals surface area contributed by atoms with Crippen LogP contribution in [0.4, 0.5) is 0 Å². The van der Waals surface area contributed by atoms with Gasteiger partial charge in [0.05, 0.1) is 6.61 Å². The Morgan fingerprint density at radius 1 is 1.64 bits per heavy atom. The van der Waals surface area contributed by atoms with Crippen molar-refractivity contribution < 1.29 is 14.6 Å². The molecular formula is C10H19NO3. The molecular weight excluding hydrogens is 182 g/mol. The van der Waals surface area contributed by atoms with Gasteiger partial charge in [0.25, 0.3) is 0 Å². The summed E-state index contributed by atoms with van der Waals surface area (Å²) in [5.74, 6) is -0.337. The molecule has 1 rings (SSSR count). The van der Waals surface area contributed by atoms with Gasteiger partial charge in [0.2, 0.25) is 0 Å². The Kier molecular flexibility index (Phi) is 4.90. The Hall–Kier alpha value is -0.610. The summed E-state index contributed by atoms with van der Waals surface area (Å²) in [6, 6.07) is 0. The van der Waals surface area contributed by atoms with E-state index in [4.69, 9.17) is 9.84 Å². The molecule has 0 aliphatic carbocycles. The summed E-state index contributed by atoms with van der Waals surface area (Å²) in [5, 5.41) is 8.63. The molecule has 0 radical (unpaired) electrons. The summed E-state index contributed by atoms with van der Waals surface area (Å²) >= 11 is 0. The molecule has 1 aliphatic rings. The third-order valence-electron chi connectivity index (χ3n) is 2.59. The highest BCUT2D eigenvalue weighted by Gasteiger charge is 2.23. The van der Waals surface area contributed by atoms with E-state index in [1.165, 1.54) is 0 Å². The van der Waals surface area contributed by atoms with Crippen molar-refractivity contribution in [3.05, 3.63) is 0 Å². The van der Waals surface area contributed by atoms with Crippen molar-refractivity contribution >= 4 is 5.97 Å². The molecule has 0 aromatic rings. The first-order valence-electron chi connectivity index (χ1n) is 5.24. The van der Waals surface area contributed by atoms with Crippen LogP contribution in [-0.4, -0.2) is 48.8 Å². The second-order valence-corrected chi connectivity index (χ2v) is 3.75. The van der Waals surface area contributed by atoms with E-state index in [0.717, 1.165) is 39.3 Å². The van der Waals surface area contributed by atoms with E-state index < -0.39 is 5.97 Å². The number of hydrogen-bond donors (Lipinski definition) is 1. The summed E-state index contributed by atoms with van der Waals surface area (Å²) in [5.41, 5.74) is 0. The van der Waals surface area contributed by atoms with Crippen LogP contribution in [0.3, 0.4) is 0 Å². The average molecular weight is 201 g/mol. The maximum absolute atomic E-state index is 10.5. The topological polar surface area (TPSA) is 49.8 Å². The van der Waals surface area contributed by atoms with Gasteiger partial charge in [-0.25, -0.2) is 0 Å². The van der Waals surface area contributed by atoms with Gasteiger partial charge in [-0.05, 0) is 25.8 Å². The molecule has 1 fully saturated rings. The molecule has 1 N–H and O–H groups in total. The Balaban J connectivity index is 2.11. The average Bonchev–Trinajstić information content (AvgIpc) is 2.52. The van der Waals surface area contributed by atoms with Crippen LogP contribution < -0.4 is 0 Å². The van der Waals surface area contributed by atoms with Crippen molar-refractivity contribution in [2.75, 3.05) is 32.8 Å². The molecule has 14 heavy (non-hydrogen) atoms. The number of ether oxygens (including phenoxy) is 1. The van der Waals surface area contributed by atoms with Gasteiger partial charge in [-0.15, -0.1) is 0 Å². The minimum Gasteiger partial charge on any atom is -0.481 e. The lowest BCUT2D eigenvalue weighted by Gasteiger charge is -2.14. The van der Waals surface area contributed by atoms with Crippen molar-refractivity contribution in [3.8, 4) is 0 Å². The molecule has 0 aromatic carbocycles. The molecule has 1 saturated heterocycles. The van der Waals surface area contributed by atoms with Crippen molar-refractivity contribution in [1.29, 1.82) is 0 Å². The molecule has 0 amide bonds. The van der Waals surface area contributed by atoms with Crippen molar-refractivity contribution in [1.82, 2.24) is 4.90 Å². The predicted molar refractivity (Wildman–Crippen MR) is 53.3 cm³/mol. The lowest BCUT2D eigenvalue weighted by molar-refractivity contribution is -0.138. The van der Waals surface area contributed by atoms with Gasteiger partial charge in [-0.2, -0.15) is 0 Å². The van der Waals surface area contributed by atoms with Crippen LogP contribution in [0.2, 0.25) is 0 Å². The van der Waals surface area contributed by atoms with Crippen molar-refractivity contribution in [3.63, 3.8) is 0 Å². The molecule has 4 nitrogen and oxygen atoms in total. The molecule has 0 spiro atoms. The lowest BCUT2D eigenvalue weighted by atomic mass is 10.1. The molecule has 82 valence electrons. The zero-order chi connectivity index (χ0) is 10.4. The summed E-state index contributed by atoms with van der Waals surface area (Å²) in [6.07, 6.45) is 1.32. The first kappa shape index (κ1) is 11.5. The fraction of sp³-hybridized carbons (Fsp3) is 0.900. The number of aliphatic carboxylic acids is 1. The Bertz CT molecular complexity index is 184. The van der Waals surface area contributed by atoms with E-state index in [-0.39, 0.29) is 0 Å². The Morgan fingerprint density at radius 3 is 3.07 bits per heavy atom. The molecule has 0 saturated carbocycles. The van der Waals surface area contributed by atoms with Crippen molar-refractivity contribution in [2.24, 2.45) is 5.92 Å². The van der Waals surface area contributed by atoms with E-state index in [1.54, 1.807) is 0 Å². The molecule has 1 heterocycles. The molecule has 1 atom stereocenters. The van der Waals surface area contributed by atoms with E-state index in [2.05, 4.69) is 4.90 Å². The summed E-state index contributed by atoms with van der Waals surface area (Å²) < 4.78 is 5.25. The summed E-state index contributed by atoms with van der Waals surface area (Å²) in [4.78, 5) is 12.8. The van der Waals surface area contributed by atoms with Crippen LogP contribution in [0, 0.1) is 5.92 Å². The minimum atomic E-state index is -0.679. The van der Waals surface area contributed by atoms with Gasteiger partial charge in [-0.3, -0.25) is 4.79 Å². The first-order chi connectivity index (χ1) is 6.72. The fourth-order valence-electron chi connectivity index (χ4n) is 1.87. The first-order valence-corrected chi connectivity index (χ1v) is 5.24. The van der Waals surface area contributed by atoms with Crippen molar-refractivity contribution in [2.45, 2.75) is 19.8 Å².